The Bertz CT molecular complexity index is 1940. The predicted octanol–water partition coefficient (Wildman–Crippen LogP) is 4.73. The van der Waals surface area contributed by atoms with Crippen molar-refractivity contribution in [2.45, 2.75) is 85.2 Å². The zero-order valence-corrected chi connectivity index (χ0v) is 29.8. The minimum Gasteiger partial charge on any atom is -0.355 e. The second-order valence-electron chi connectivity index (χ2n) is 13.5. The monoisotopic (exact) mass is 729 g/mol. The number of amides is 3. The van der Waals surface area contributed by atoms with Crippen LogP contribution in [0.2, 0.25) is 0 Å². The number of nitrogens with one attached hydrogen (secondary N) is 2. The van der Waals surface area contributed by atoms with E-state index in [1.54, 1.807) is 35.0 Å². The summed E-state index contributed by atoms with van der Waals surface area (Å²) in [4.78, 5) is 73.6. The highest BCUT2D eigenvalue weighted by molar-refractivity contribution is 9.10. The highest BCUT2D eigenvalue weighted by Crippen LogP contribution is 2.36. The zero-order valence-electron chi connectivity index (χ0n) is 28.2. The van der Waals surface area contributed by atoms with Crippen LogP contribution in [-0.2, 0) is 27.3 Å². The SMILES string of the molecule is CC(=O)c1nn2c3c(nc(-c4cnc(C)nc4)cc13)CCCCCCC(=O)NC[C@]1(C)C[C@@H](C(=O)Nc3nc(Br)ccc3C)N(C1)C(=O)C2. The molecule has 14 heteroatoms. The van der Waals surface area contributed by atoms with Crippen molar-refractivity contribution in [3.63, 3.8) is 0 Å². The molecule has 6 heterocycles. The van der Waals surface area contributed by atoms with Crippen LogP contribution in [0.5, 0.6) is 0 Å². The molecule has 4 aromatic heterocycles. The van der Waals surface area contributed by atoms with E-state index in [-0.39, 0.29) is 42.3 Å². The highest BCUT2D eigenvalue weighted by atomic mass is 79.9. The first kappa shape index (κ1) is 34.3. The first-order chi connectivity index (χ1) is 23.4. The van der Waals surface area contributed by atoms with E-state index in [9.17, 15) is 19.2 Å². The van der Waals surface area contributed by atoms with E-state index in [1.165, 1.54) is 6.92 Å². The molecular weight excluding hydrogens is 690 g/mol. The van der Waals surface area contributed by atoms with Crippen LogP contribution in [0.4, 0.5) is 5.82 Å². The third kappa shape index (κ3) is 7.53. The van der Waals surface area contributed by atoms with Gasteiger partial charge in [-0.1, -0.05) is 25.8 Å². The second kappa shape index (κ2) is 14.1. The van der Waals surface area contributed by atoms with Gasteiger partial charge in [-0.05, 0) is 73.2 Å². The van der Waals surface area contributed by atoms with Crippen LogP contribution in [-0.4, -0.2) is 77.3 Å². The fourth-order valence-electron chi connectivity index (χ4n) is 6.68. The topological polar surface area (TPSA) is 165 Å². The lowest BCUT2D eigenvalue weighted by Gasteiger charge is -2.26. The van der Waals surface area contributed by atoms with E-state index in [2.05, 4.69) is 46.6 Å². The van der Waals surface area contributed by atoms with Gasteiger partial charge in [0.05, 0.1) is 16.9 Å². The molecule has 0 radical (unpaired) electrons. The number of hydrogen-bond acceptors (Lipinski definition) is 9. The number of pyridine rings is 2. The third-order valence-corrected chi connectivity index (χ3v) is 9.76. The van der Waals surface area contributed by atoms with E-state index in [0.29, 0.717) is 69.9 Å². The number of rotatable bonds is 4. The third-order valence-electron chi connectivity index (χ3n) is 9.32. The molecule has 4 aromatic rings. The van der Waals surface area contributed by atoms with Crippen molar-refractivity contribution in [1.82, 2.24) is 39.9 Å². The number of carbonyl (C=O) groups excluding carboxylic acids is 4. The fraction of sp³-hybridized carbons (Fsp3) is 0.457. The molecule has 1 saturated heterocycles. The molecule has 0 spiro atoms. The van der Waals surface area contributed by atoms with Crippen molar-refractivity contribution in [1.29, 1.82) is 0 Å². The maximum Gasteiger partial charge on any atom is 0.248 e. The standard InChI is InChI=1S/C35H40BrN9O4/c1-20-11-12-28(36)41-33(20)42-34(49)27-14-35(4)18-39-29(47)10-8-6-5-7-9-25-32-24(13-26(40-25)23-15-37-22(3)38-16-23)31(21(2)46)43-45(32)17-30(48)44(27)19-35/h11-13,15-16,27H,5-10,14,17-19H2,1-4H3,(H,39,47)(H,41,42,49)/t27-,35-/m0/s1. The molecule has 0 aliphatic carbocycles. The Labute approximate surface area is 292 Å². The molecule has 6 rings (SSSR count). The van der Waals surface area contributed by atoms with Gasteiger partial charge in [0.15, 0.2) is 5.78 Å². The Morgan fingerprint density at radius 2 is 1.78 bits per heavy atom. The van der Waals surface area contributed by atoms with E-state index in [4.69, 9.17) is 4.98 Å². The molecule has 49 heavy (non-hydrogen) atoms. The van der Waals surface area contributed by atoms with Gasteiger partial charge in [0, 0.05) is 55.2 Å². The number of anilines is 1. The van der Waals surface area contributed by atoms with E-state index < -0.39 is 11.5 Å². The van der Waals surface area contributed by atoms with Crippen LogP contribution >= 0.6 is 15.9 Å². The van der Waals surface area contributed by atoms with Crippen LogP contribution in [0.15, 0.2) is 35.2 Å². The summed E-state index contributed by atoms with van der Waals surface area (Å²) in [6.45, 7) is 7.46. The quantitative estimate of drug-likeness (QED) is 0.223. The number of hydrogen-bond donors (Lipinski definition) is 2. The summed E-state index contributed by atoms with van der Waals surface area (Å²) in [5, 5.41) is 11.3. The largest absolute Gasteiger partial charge is 0.355 e. The van der Waals surface area contributed by atoms with Crippen molar-refractivity contribution < 1.29 is 19.2 Å². The molecule has 0 saturated carbocycles. The van der Waals surface area contributed by atoms with Gasteiger partial charge in [-0.15, -0.1) is 0 Å². The van der Waals surface area contributed by atoms with Gasteiger partial charge in [0.25, 0.3) is 0 Å². The molecule has 0 aromatic carbocycles. The van der Waals surface area contributed by atoms with E-state index >= 15 is 0 Å². The Morgan fingerprint density at radius 1 is 1.04 bits per heavy atom. The molecule has 2 aliphatic heterocycles. The summed E-state index contributed by atoms with van der Waals surface area (Å²) in [7, 11) is 0. The molecule has 256 valence electrons. The summed E-state index contributed by atoms with van der Waals surface area (Å²) in [6, 6.07) is 4.62. The fourth-order valence-corrected chi connectivity index (χ4v) is 6.98. The van der Waals surface area contributed by atoms with Crippen molar-refractivity contribution >= 4 is 56.2 Å². The van der Waals surface area contributed by atoms with Crippen LogP contribution < -0.4 is 10.6 Å². The number of fused-ring (bicyclic) bond motifs is 2. The number of Topliss-reactive ketones (excluding diaryl/α,β-unsaturated/α-hetero) is 1. The number of carbonyl (C=O) groups is 4. The average Bonchev–Trinajstić information content (AvgIpc) is 3.62. The van der Waals surface area contributed by atoms with Crippen LogP contribution in [0, 0.1) is 19.3 Å². The van der Waals surface area contributed by atoms with Crippen molar-refractivity contribution in [2.24, 2.45) is 5.41 Å². The van der Waals surface area contributed by atoms with Gasteiger partial charge in [-0.2, -0.15) is 5.10 Å². The molecule has 2 bridgehead atoms. The Hall–Kier alpha value is -4.59. The summed E-state index contributed by atoms with van der Waals surface area (Å²) in [5.41, 5.74) is 3.11. The lowest BCUT2D eigenvalue weighted by atomic mass is 9.87. The van der Waals surface area contributed by atoms with E-state index in [0.717, 1.165) is 31.2 Å². The Kier molecular flexibility index (Phi) is 9.87. The first-order valence-electron chi connectivity index (χ1n) is 16.6. The van der Waals surface area contributed by atoms with Crippen molar-refractivity contribution in [3.05, 3.63) is 58.0 Å². The first-order valence-corrected chi connectivity index (χ1v) is 17.4. The molecular formula is C35H40BrN9O4. The molecule has 13 nitrogen and oxygen atoms in total. The second-order valence-corrected chi connectivity index (χ2v) is 14.3. The van der Waals surface area contributed by atoms with E-state index in [1.807, 2.05) is 26.0 Å². The van der Waals surface area contributed by atoms with Crippen LogP contribution in [0.25, 0.3) is 22.2 Å². The molecule has 2 atom stereocenters. The number of nitrogens with zero attached hydrogens (tertiary/aromatic N) is 7. The summed E-state index contributed by atoms with van der Waals surface area (Å²) >= 11 is 3.37. The normalized spacial score (nSPS) is 20.6. The lowest BCUT2D eigenvalue weighted by molar-refractivity contribution is -0.137. The maximum absolute atomic E-state index is 14.3. The van der Waals surface area contributed by atoms with Crippen LogP contribution in [0.3, 0.4) is 0 Å². The highest BCUT2D eigenvalue weighted by Gasteiger charge is 2.46. The van der Waals surface area contributed by atoms with Gasteiger partial charge in [0.2, 0.25) is 17.7 Å². The Morgan fingerprint density at radius 3 is 2.51 bits per heavy atom. The summed E-state index contributed by atoms with van der Waals surface area (Å²) < 4.78 is 2.14. The van der Waals surface area contributed by atoms with Gasteiger partial charge in [-0.3, -0.25) is 28.8 Å². The Balaban J connectivity index is 1.41. The number of aryl methyl sites for hydroxylation is 3. The van der Waals surface area contributed by atoms with Gasteiger partial charge < -0.3 is 15.5 Å². The number of ketones is 1. The smallest absolute Gasteiger partial charge is 0.248 e. The molecule has 3 amide bonds. The van der Waals surface area contributed by atoms with Gasteiger partial charge in [-0.25, -0.2) is 15.0 Å². The lowest BCUT2D eigenvalue weighted by Crippen LogP contribution is -2.45. The molecule has 0 unspecified atom stereocenters. The zero-order chi connectivity index (χ0) is 34.9. The maximum atomic E-state index is 14.3. The van der Waals surface area contributed by atoms with Crippen molar-refractivity contribution in [2.75, 3.05) is 18.4 Å². The van der Waals surface area contributed by atoms with Crippen molar-refractivity contribution in [3.8, 4) is 11.3 Å². The molecule has 2 N–H and O–H groups in total. The minimum absolute atomic E-state index is 0.0430. The average molecular weight is 731 g/mol. The number of aromatic nitrogens is 6. The summed E-state index contributed by atoms with van der Waals surface area (Å²) in [5.74, 6) is 0.0524. The minimum atomic E-state index is -0.826. The summed E-state index contributed by atoms with van der Waals surface area (Å²) in [6.07, 6.45) is 8.01. The van der Waals surface area contributed by atoms with Gasteiger partial charge in [0.1, 0.15) is 34.5 Å². The molecule has 2 aliphatic rings. The molecule has 1 fully saturated rings. The predicted molar refractivity (Wildman–Crippen MR) is 187 cm³/mol. The van der Waals surface area contributed by atoms with Crippen LogP contribution in [0.1, 0.15) is 79.9 Å². The van der Waals surface area contributed by atoms with Gasteiger partial charge >= 0.3 is 0 Å². The number of halogens is 1.